The van der Waals surface area contributed by atoms with Gasteiger partial charge in [0.2, 0.25) is 0 Å². The zero-order valence-corrected chi connectivity index (χ0v) is 57.3. The van der Waals surface area contributed by atoms with Gasteiger partial charge in [0.05, 0.1) is 0 Å². The normalized spacial score (nSPS) is 12.0. The Kier molecular flexibility index (Phi) is 17.2. The standard InChI is InChI=1S/2C29H17N2.2C10H18N3.2Pt/c2*1-3-11-21-19(9-1)20-10-2-4-12-22(20)26-16-8-18-30-29(26)31-27-17-6-5-13-23(27)25-15-7-14-24(21)28(25)31;2*1-9(2,3)7-11-8(13-12-7)10(4,5)6;;/h2*1-16,18H;2*1-6H3;;/q4*-1;2*+2. The van der Waals surface area contributed by atoms with Gasteiger partial charge in [-0.2, -0.15) is 48.5 Å². The van der Waals surface area contributed by atoms with Crippen molar-refractivity contribution in [3.05, 3.63) is 242 Å². The quantitative estimate of drug-likeness (QED) is 0.138. The van der Waals surface area contributed by atoms with Crippen LogP contribution in [-0.4, -0.2) is 38.9 Å². The fourth-order valence-electron chi connectivity index (χ4n) is 11.9. The number of para-hydroxylation sites is 4. The average Bonchev–Trinajstić information content (AvgIpc) is 1.57. The molecule has 452 valence electrons. The molecule has 0 aliphatic rings. The van der Waals surface area contributed by atoms with Gasteiger partial charge in [0, 0.05) is 67.5 Å². The summed E-state index contributed by atoms with van der Waals surface area (Å²) in [5.74, 6) is 3.32. The number of aromatic nitrogens is 10. The predicted molar refractivity (Wildman–Crippen MR) is 366 cm³/mol. The second-order valence-corrected chi connectivity index (χ2v) is 26.8. The van der Waals surface area contributed by atoms with Crippen LogP contribution in [0.1, 0.15) is 106 Å². The molecule has 0 fully saturated rings. The van der Waals surface area contributed by atoms with Crippen LogP contribution in [0.5, 0.6) is 0 Å². The van der Waals surface area contributed by atoms with Gasteiger partial charge >= 0.3 is 42.1 Å². The summed E-state index contributed by atoms with van der Waals surface area (Å²) in [6.45, 7) is 25.1. The summed E-state index contributed by atoms with van der Waals surface area (Å²) in [5, 5.41) is 35.7. The second kappa shape index (κ2) is 24.6. The minimum absolute atomic E-state index is 0. The van der Waals surface area contributed by atoms with E-state index in [2.05, 4.69) is 304 Å². The Hall–Kier alpha value is -8.68. The molecule has 0 spiro atoms. The SMILES string of the molecule is CC(C)(C)c1n[n-]c(C(C)(C)C)n1.CC(C)(C)c1n[n-]c(C(C)(C)C)n1.[Pt+2].[Pt+2].[c-]1cccc2c3cccc4c5ccccc5c5ccccc5c5cccnc5n(c12)c43.[c-]1cccc2c3cccc4c5ccccc5c5ccccc5c5cccnc5n(c12)c43. The number of rotatable bonds is 0. The first-order valence-electron chi connectivity index (χ1n) is 30.2. The van der Waals surface area contributed by atoms with Crippen molar-refractivity contribution in [2.75, 3.05) is 0 Å². The van der Waals surface area contributed by atoms with E-state index in [4.69, 9.17) is 9.97 Å². The van der Waals surface area contributed by atoms with E-state index in [1.165, 1.54) is 86.4 Å². The van der Waals surface area contributed by atoms with Gasteiger partial charge in [0.15, 0.2) is 0 Å². The maximum Gasteiger partial charge on any atom is 2.00 e. The molecule has 0 amide bonds. The Bertz CT molecular complexity index is 5020. The zero-order valence-electron chi connectivity index (χ0n) is 52.7. The molecule has 0 aliphatic carbocycles. The molecule has 0 radical (unpaired) electrons. The molecule has 0 bridgehead atoms. The predicted octanol–water partition coefficient (Wildman–Crippen LogP) is 19.0. The first-order chi connectivity index (χ1) is 42.3. The minimum Gasteiger partial charge on any atom is -0.425 e. The van der Waals surface area contributed by atoms with Crippen molar-refractivity contribution in [1.82, 2.24) is 49.1 Å². The summed E-state index contributed by atoms with van der Waals surface area (Å²) < 4.78 is 4.60. The third-order valence-electron chi connectivity index (χ3n) is 16.2. The van der Waals surface area contributed by atoms with Crippen molar-refractivity contribution < 1.29 is 42.1 Å². The van der Waals surface area contributed by atoms with Crippen LogP contribution in [0.4, 0.5) is 0 Å². The van der Waals surface area contributed by atoms with E-state index in [9.17, 15) is 0 Å². The number of benzene rings is 8. The van der Waals surface area contributed by atoms with Gasteiger partial charge in [0.25, 0.3) is 0 Å². The fourth-order valence-corrected chi connectivity index (χ4v) is 11.9. The van der Waals surface area contributed by atoms with E-state index < -0.39 is 0 Å². The number of pyridine rings is 2. The molecule has 0 unspecified atom stereocenters. The monoisotopic (exact) mass is 1540 g/mol. The smallest absolute Gasteiger partial charge is 0.425 e. The molecule has 8 heterocycles. The Balaban J connectivity index is 0.000000133. The molecule has 0 saturated heterocycles. The van der Waals surface area contributed by atoms with Gasteiger partial charge in [-0.3, -0.25) is 10.2 Å². The van der Waals surface area contributed by atoms with Crippen molar-refractivity contribution in [2.24, 2.45) is 0 Å². The Labute approximate surface area is 553 Å². The Morgan fingerprint density at radius 3 is 0.856 bits per heavy atom. The molecule has 10 nitrogen and oxygen atoms in total. The molecule has 0 atom stereocenters. The molecular weight excluding hydrogens is 1470 g/mol. The molecule has 0 aliphatic heterocycles. The van der Waals surface area contributed by atoms with Crippen LogP contribution in [0.15, 0.2) is 207 Å². The summed E-state index contributed by atoms with van der Waals surface area (Å²) in [4.78, 5) is 18.7. The number of hydrogen-bond donors (Lipinski definition) is 0. The Morgan fingerprint density at radius 2 is 0.567 bits per heavy atom. The molecule has 8 aromatic heterocycles. The van der Waals surface area contributed by atoms with Gasteiger partial charge in [-0.15, -0.1) is 10.8 Å². The molecular formula is C78H70N10Pt2. The minimum atomic E-state index is -0.00347. The molecule has 90 heavy (non-hydrogen) atoms. The van der Waals surface area contributed by atoms with E-state index in [0.717, 1.165) is 56.4 Å². The van der Waals surface area contributed by atoms with Gasteiger partial charge in [0.1, 0.15) is 11.3 Å². The fraction of sp³-hybridized carbons (Fsp3) is 0.205. The topological polar surface area (TPSA) is 114 Å². The summed E-state index contributed by atoms with van der Waals surface area (Å²) in [6, 6.07) is 75.8. The first kappa shape index (κ1) is 62.9. The summed E-state index contributed by atoms with van der Waals surface area (Å²) in [7, 11) is 0. The molecule has 0 saturated carbocycles. The van der Waals surface area contributed by atoms with Crippen molar-refractivity contribution in [1.29, 1.82) is 0 Å². The molecule has 12 heteroatoms. The number of hydrogen-bond acceptors (Lipinski definition) is 6. The molecule has 16 rings (SSSR count). The largest absolute Gasteiger partial charge is 2.00 e. The summed E-state index contributed by atoms with van der Waals surface area (Å²) in [6.07, 6.45) is 3.77. The van der Waals surface area contributed by atoms with Gasteiger partial charge in [-0.25, -0.2) is 9.97 Å². The average molecular weight is 1540 g/mol. The van der Waals surface area contributed by atoms with E-state index in [1.807, 2.05) is 36.7 Å². The van der Waals surface area contributed by atoms with Crippen LogP contribution in [0.2, 0.25) is 0 Å². The van der Waals surface area contributed by atoms with Crippen LogP contribution in [0, 0.1) is 12.1 Å². The van der Waals surface area contributed by atoms with Crippen LogP contribution < -0.4 is 10.2 Å². The van der Waals surface area contributed by atoms with Crippen molar-refractivity contribution in [3.8, 4) is 0 Å². The van der Waals surface area contributed by atoms with Crippen molar-refractivity contribution in [2.45, 2.75) is 105 Å². The summed E-state index contributed by atoms with van der Waals surface area (Å²) >= 11 is 0. The van der Waals surface area contributed by atoms with E-state index in [0.29, 0.717) is 0 Å². The zero-order chi connectivity index (χ0) is 61.3. The number of nitrogens with zero attached hydrogens (tertiary/aromatic N) is 10. The molecule has 0 N–H and O–H groups in total. The maximum absolute atomic E-state index is 4.91. The number of fused-ring (bicyclic) bond motifs is 20. The van der Waals surface area contributed by atoms with Crippen LogP contribution in [0.25, 0.3) is 120 Å². The van der Waals surface area contributed by atoms with Gasteiger partial charge in [-0.05, 0) is 89.0 Å². The van der Waals surface area contributed by atoms with E-state index >= 15 is 0 Å². The Morgan fingerprint density at radius 1 is 0.300 bits per heavy atom. The van der Waals surface area contributed by atoms with Gasteiger partial charge < -0.3 is 29.0 Å². The van der Waals surface area contributed by atoms with Crippen LogP contribution >= 0.6 is 0 Å². The van der Waals surface area contributed by atoms with Crippen molar-refractivity contribution >= 4 is 120 Å². The van der Waals surface area contributed by atoms with Crippen molar-refractivity contribution in [3.63, 3.8) is 0 Å². The molecule has 16 aromatic rings. The first-order valence-corrected chi connectivity index (χ1v) is 30.2. The third kappa shape index (κ3) is 11.5. The summed E-state index contributed by atoms with van der Waals surface area (Å²) in [5.41, 5.74) is 6.35. The van der Waals surface area contributed by atoms with E-state index in [-0.39, 0.29) is 63.8 Å². The second-order valence-electron chi connectivity index (χ2n) is 26.8. The molecule has 8 aromatic carbocycles. The van der Waals surface area contributed by atoms with E-state index in [1.54, 1.807) is 0 Å². The van der Waals surface area contributed by atoms with Gasteiger partial charge in [-0.1, -0.05) is 239 Å². The van der Waals surface area contributed by atoms with Crippen LogP contribution in [-0.2, 0) is 63.8 Å². The maximum atomic E-state index is 4.91. The van der Waals surface area contributed by atoms with Crippen LogP contribution in [0.3, 0.4) is 0 Å². The third-order valence-corrected chi connectivity index (χ3v) is 16.2.